The number of benzene rings is 2. The van der Waals surface area contributed by atoms with Crippen LogP contribution in [0.4, 0.5) is 0 Å². The van der Waals surface area contributed by atoms with E-state index in [1.807, 2.05) is 30.3 Å². The monoisotopic (exact) mass is 342 g/mol. The fourth-order valence-electron chi connectivity index (χ4n) is 3.33. The zero-order chi connectivity index (χ0) is 17.3. The molecule has 1 aliphatic rings. The van der Waals surface area contributed by atoms with Gasteiger partial charge in [-0.05, 0) is 24.1 Å². The van der Waals surface area contributed by atoms with E-state index in [9.17, 15) is 18.8 Å². The van der Waals surface area contributed by atoms with Crippen molar-refractivity contribution in [3.8, 4) is 6.07 Å². The molecule has 24 heavy (non-hydrogen) atoms. The lowest BCUT2D eigenvalue weighted by molar-refractivity contribution is 0.0556. The maximum atomic E-state index is 13.0. The minimum absolute atomic E-state index is 0.176. The number of aliphatic hydroxyl groups excluding tert-OH is 1. The molecule has 0 aliphatic carbocycles. The number of nitrogens with zero attached hydrogens (tertiary/aromatic N) is 2. The third kappa shape index (κ3) is 2.51. The van der Waals surface area contributed by atoms with Crippen molar-refractivity contribution in [1.29, 1.82) is 5.26 Å². The Morgan fingerprint density at radius 2 is 1.75 bits per heavy atom. The third-order valence-electron chi connectivity index (χ3n) is 4.51. The molecule has 0 spiro atoms. The van der Waals surface area contributed by atoms with E-state index >= 15 is 0 Å². The van der Waals surface area contributed by atoms with Crippen LogP contribution in [0.25, 0.3) is 0 Å². The van der Waals surface area contributed by atoms with Crippen molar-refractivity contribution in [3.05, 3.63) is 65.7 Å². The van der Waals surface area contributed by atoms with Crippen molar-refractivity contribution >= 4 is 10.0 Å². The minimum atomic E-state index is -3.85. The molecule has 5 nitrogen and oxygen atoms in total. The molecule has 1 heterocycles. The standard InChI is InChI=1S/C18H18N2O3S/c1-13-7-5-6-10-17(13)24(22,23)20-15(11-19)18(16(20)12-21)14-8-3-2-4-9-14/h2-10,15-16,18,21H,12H2,1H3/t15-,16+,18-/m0/s1. The first kappa shape index (κ1) is 16.7. The lowest BCUT2D eigenvalue weighted by Gasteiger charge is -2.50. The molecule has 3 atom stereocenters. The predicted octanol–water partition coefficient (Wildman–Crippen LogP) is 2.04. The van der Waals surface area contributed by atoms with Gasteiger partial charge in [-0.1, -0.05) is 48.5 Å². The number of sulfonamides is 1. The van der Waals surface area contributed by atoms with Gasteiger partial charge >= 0.3 is 0 Å². The average molecular weight is 342 g/mol. The van der Waals surface area contributed by atoms with Gasteiger partial charge in [-0.15, -0.1) is 0 Å². The smallest absolute Gasteiger partial charge is 0.244 e. The van der Waals surface area contributed by atoms with E-state index < -0.39 is 22.1 Å². The van der Waals surface area contributed by atoms with Crippen LogP contribution in [0.5, 0.6) is 0 Å². The summed E-state index contributed by atoms with van der Waals surface area (Å²) in [5.41, 5.74) is 1.48. The van der Waals surface area contributed by atoms with Crippen LogP contribution in [0.2, 0.25) is 0 Å². The molecule has 0 aromatic heterocycles. The highest BCUT2D eigenvalue weighted by Gasteiger charge is 2.55. The maximum absolute atomic E-state index is 13.0. The number of aliphatic hydroxyl groups is 1. The van der Waals surface area contributed by atoms with Crippen LogP contribution in [0.1, 0.15) is 17.0 Å². The molecule has 0 amide bonds. The summed E-state index contributed by atoms with van der Waals surface area (Å²) in [5.74, 6) is -0.333. The van der Waals surface area contributed by atoms with Crippen LogP contribution < -0.4 is 0 Å². The Balaban J connectivity index is 2.03. The first-order valence-electron chi connectivity index (χ1n) is 7.67. The highest BCUT2D eigenvalue weighted by molar-refractivity contribution is 7.89. The molecular formula is C18H18N2O3S. The summed E-state index contributed by atoms with van der Waals surface area (Å²) in [7, 11) is -3.85. The van der Waals surface area contributed by atoms with Crippen LogP contribution >= 0.6 is 0 Å². The number of aryl methyl sites for hydroxylation is 1. The molecular weight excluding hydrogens is 324 g/mol. The second kappa shape index (κ2) is 6.36. The quantitative estimate of drug-likeness (QED) is 0.922. The summed E-state index contributed by atoms with van der Waals surface area (Å²) < 4.78 is 27.2. The van der Waals surface area contributed by atoms with Crippen molar-refractivity contribution in [2.24, 2.45) is 0 Å². The fraction of sp³-hybridized carbons (Fsp3) is 0.278. The third-order valence-corrected chi connectivity index (χ3v) is 6.58. The maximum Gasteiger partial charge on any atom is 0.244 e. The Hall–Kier alpha value is -2.20. The first-order chi connectivity index (χ1) is 11.5. The van der Waals surface area contributed by atoms with Crippen LogP contribution in [0.15, 0.2) is 59.5 Å². The van der Waals surface area contributed by atoms with Gasteiger partial charge in [0.1, 0.15) is 6.04 Å². The van der Waals surface area contributed by atoms with Gasteiger partial charge in [0.25, 0.3) is 0 Å². The van der Waals surface area contributed by atoms with Crippen molar-refractivity contribution in [1.82, 2.24) is 4.31 Å². The molecule has 0 unspecified atom stereocenters. The lowest BCUT2D eigenvalue weighted by atomic mass is 9.78. The summed E-state index contributed by atoms with van der Waals surface area (Å²) in [6.07, 6.45) is 0. The van der Waals surface area contributed by atoms with Crippen molar-refractivity contribution < 1.29 is 13.5 Å². The van der Waals surface area contributed by atoms with Gasteiger partial charge < -0.3 is 5.11 Å². The van der Waals surface area contributed by atoms with E-state index in [4.69, 9.17) is 0 Å². The van der Waals surface area contributed by atoms with E-state index in [0.717, 1.165) is 9.87 Å². The molecule has 124 valence electrons. The second-order valence-electron chi connectivity index (χ2n) is 5.86. The molecule has 6 heteroatoms. The van der Waals surface area contributed by atoms with Crippen LogP contribution in [0, 0.1) is 18.3 Å². The van der Waals surface area contributed by atoms with Gasteiger partial charge in [0.2, 0.25) is 10.0 Å². The normalized spacial score (nSPS) is 24.1. The highest BCUT2D eigenvalue weighted by atomic mass is 32.2. The number of rotatable bonds is 4. The zero-order valence-corrected chi connectivity index (χ0v) is 14.0. The second-order valence-corrected chi connectivity index (χ2v) is 7.67. The summed E-state index contributed by atoms with van der Waals surface area (Å²) in [6, 6.07) is 16.6. The first-order valence-corrected chi connectivity index (χ1v) is 9.11. The van der Waals surface area contributed by atoms with Gasteiger partial charge in [0.05, 0.1) is 23.6 Å². The highest BCUT2D eigenvalue weighted by Crippen LogP contribution is 2.44. The lowest BCUT2D eigenvalue weighted by Crippen LogP contribution is -2.65. The Morgan fingerprint density at radius 1 is 1.12 bits per heavy atom. The van der Waals surface area contributed by atoms with Crippen LogP contribution in [-0.4, -0.2) is 36.5 Å². The number of hydrogen-bond acceptors (Lipinski definition) is 4. The summed E-state index contributed by atoms with van der Waals surface area (Å²) >= 11 is 0. The molecule has 3 rings (SSSR count). The summed E-state index contributed by atoms with van der Waals surface area (Å²) in [5, 5.41) is 19.3. The molecule has 0 bridgehead atoms. The Bertz CT molecular complexity index is 875. The molecule has 1 saturated heterocycles. The van der Waals surface area contributed by atoms with E-state index in [1.54, 1.807) is 25.1 Å². The SMILES string of the molecule is Cc1ccccc1S(=O)(=O)N1[C@H](CO)[C@@H](c2ccccc2)[C@@H]1C#N. The topological polar surface area (TPSA) is 81.4 Å². The summed E-state index contributed by atoms with van der Waals surface area (Å²) in [6.45, 7) is 1.39. The van der Waals surface area contributed by atoms with Crippen LogP contribution in [-0.2, 0) is 10.0 Å². The minimum Gasteiger partial charge on any atom is -0.395 e. The van der Waals surface area contributed by atoms with Gasteiger partial charge in [-0.3, -0.25) is 0 Å². The number of nitriles is 1. The van der Waals surface area contributed by atoms with Gasteiger partial charge in [-0.2, -0.15) is 9.57 Å². The van der Waals surface area contributed by atoms with Gasteiger partial charge in [-0.25, -0.2) is 8.42 Å². The van der Waals surface area contributed by atoms with Gasteiger partial charge in [0.15, 0.2) is 0 Å². The summed E-state index contributed by atoms with van der Waals surface area (Å²) in [4.78, 5) is 0.176. The van der Waals surface area contributed by atoms with Crippen molar-refractivity contribution in [3.63, 3.8) is 0 Å². The molecule has 1 N–H and O–H groups in total. The van der Waals surface area contributed by atoms with Crippen molar-refractivity contribution in [2.45, 2.75) is 29.8 Å². The van der Waals surface area contributed by atoms with E-state index in [0.29, 0.717) is 5.56 Å². The van der Waals surface area contributed by atoms with Crippen molar-refractivity contribution in [2.75, 3.05) is 6.61 Å². The van der Waals surface area contributed by atoms with Crippen LogP contribution in [0.3, 0.4) is 0 Å². The van der Waals surface area contributed by atoms with E-state index in [-0.39, 0.29) is 17.4 Å². The Labute approximate surface area is 141 Å². The Kier molecular flexibility index (Phi) is 4.41. The molecule has 1 aliphatic heterocycles. The van der Waals surface area contributed by atoms with E-state index in [2.05, 4.69) is 6.07 Å². The largest absolute Gasteiger partial charge is 0.395 e. The molecule has 1 fully saturated rings. The molecule has 0 saturated carbocycles. The predicted molar refractivity (Wildman–Crippen MR) is 89.7 cm³/mol. The van der Waals surface area contributed by atoms with E-state index in [1.165, 1.54) is 6.07 Å². The average Bonchev–Trinajstić information content (AvgIpc) is 2.55. The molecule has 0 radical (unpaired) electrons. The molecule has 2 aromatic carbocycles. The number of hydrogen-bond donors (Lipinski definition) is 1. The zero-order valence-electron chi connectivity index (χ0n) is 13.2. The Morgan fingerprint density at radius 3 is 2.33 bits per heavy atom. The van der Waals surface area contributed by atoms with Gasteiger partial charge in [0, 0.05) is 5.92 Å². The fourth-order valence-corrected chi connectivity index (χ4v) is 5.31. The molecule has 2 aromatic rings.